The van der Waals surface area contributed by atoms with E-state index in [1.807, 2.05) is 0 Å². The van der Waals surface area contributed by atoms with Gasteiger partial charge in [0.05, 0.1) is 6.61 Å². The summed E-state index contributed by atoms with van der Waals surface area (Å²) in [4.78, 5) is 12.6. The number of carbonyl (C=O) groups is 1. The summed E-state index contributed by atoms with van der Waals surface area (Å²) in [5, 5.41) is 3.36. The van der Waals surface area contributed by atoms with Gasteiger partial charge in [0, 0.05) is 17.9 Å². The highest BCUT2D eigenvalue weighted by Gasteiger charge is 2.42. The van der Waals surface area contributed by atoms with E-state index in [0.29, 0.717) is 12.4 Å². The molecule has 2 fully saturated rings. The van der Waals surface area contributed by atoms with Gasteiger partial charge in [0.1, 0.15) is 5.78 Å². The van der Waals surface area contributed by atoms with Crippen LogP contribution in [0.25, 0.3) is 0 Å². The summed E-state index contributed by atoms with van der Waals surface area (Å²) < 4.78 is 5.36. The zero-order valence-corrected chi connectivity index (χ0v) is 10.3. The van der Waals surface area contributed by atoms with Crippen molar-refractivity contribution in [3.63, 3.8) is 0 Å². The van der Waals surface area contributed by atoms with Crippen LogP contribution in [-0.2, 0) is 9.53 Å². The number of nitrogens with one attached hydrogen (secondary N) is 1. The normalized spacial score (nSPS) is 29.2. The lowest BCUT2D eigenvalue weighted by atomic mass is 9.68. The van der Waals surface area contributed by atoms with Crippen LogP contribution in [0.4, 0.5) is 0 Å². The molecule has 2 rings (SSSR count). The number of ketones is 1. The molecule has 2 aliphatic rings. The largest absolute Gasteiger partial charge is 0.381 e. The highest BCUT2D eigenvalue weighted by Crippen LogP contribution is 2.38. The number of rotatable bonds is 4. The molecule has 1 N–H and O–H groups in total. The summed E-state index contributed by atoms with van der Waals surface area (Å²) in [6, 6.07) is 0. The van der Waals surface area contributed by atoms with Crippen LogP contribution in [0, 0.1) is 11.3 Å². The first-order valence-electron chi connectivity index (χ1n) is 6.61. The summed E-state index contributed by atoms with van der Waals surface area (Å²) in [6.45, 7) is 5.62. The first kappa shape index (κ1) is 12.1. The molecule has 0 aliphatic carbocycles. The highest BCUT2D eigenvalue weighted by atomic mass is 16.5. The molecule has 2 heterocycles. The van der Waals surface area contributed by atoms with Gasteiger partial charge in [0.25, 0.3) is 0 Å². The number of hydrogen-bond acceptors (Lipinski definition) is 3. The molecular weight excluding hydrogens is 202 g/mol. The van der Waals surface area contributed by atoms with Gasteiger partial charge >= 0.3 is 0 Å². The Labute approximate surface area is 97.9 Å². The zero-order valence-electron chi connectivity index (χ0n) is 10.3. The van der Waals surface area contributed by atoms with Gasteiger partial charge in [-0.1, -0.05) is 13.3 Å². The minimum absolute atomic E-state index is 0.0294. The maximum Gasteiger partial charge on any atom is 0.144 e. The average Bonchev–Trinajstić information content (AvgIpc) is 2.83. The molecule has 0 aromatic heterocycles. The van der Waals surface area contributed by atoms with Crippen molar-refractivity contribution in [3.8, 4) is 0 Å². The summed E-state index contributed by atoms with van der Waals surface area (Å²) in [5.41, 5.74) is -0.0294. The molecule has 2 saturated heterocycles. The number of carbonyl (C=O) groups excluding carboxylic acids is 1. The van der Waals surface area contributed by atoms with Crippen LogP contribution >= 0.6 is 0 Å². The molecule has 0 spiro atoms. The van der Waals surface area contributed by atoms with Crippen molar-refractivity contribution < 1.29 is 9.53 Å². The maximum absolute atomic E-state index is 12.6. The molecule has 92 valence electrons. The molecule has 0 bridgehead atoms. The van der Waals surface area contributed by atoms with E-state index < -0.39 is 0 Å². The number of Topliss-reactive ketones (excluding diaryl/α,β-unsaturated/α-hetero) is 1. The minimum Gasteiger partial charge on any atom is -0.381 e. The van der Waals surface area contributed by atoms with Crippen LogP contribution in [0.2, 0.25) is 0 Å². The lowest BCUT2D eigenvalue weighted by Crippen LogP contribution is -2.44. The molecule has 1 atom stereocenters. The molecule has 3 heteroatoms. The topological polar surface area (TPSA) is 38.3 Å². The van der Waals surface area contributed by atoms with Crippen molar-refractivity contribution in [1.29, 1.82) is 0 Å². The van der Waals surface area contributed by atoms with Crippen LogP contribution in [0.5, 0.6) is 0 Å². The number of hydrogen-bond donors (Lipinski definition) is 1. The SMILES string of the molecule is CCCC1(C(=O)C2CCOC2)CCNCC1. The first-order valence-corrected chi connectivity index (χ1v) is 6.61. The zero-order chi connectivity index (χ0) is 11.4. The second-order valence-corrected chi connectivity index (χ2v) is 5.21. The minimum atomic E-state index is -0.0294. The summed E-state index contributed by atoms with van der Waals surface area (Å²) in [5.74, 6) is 0.679. The fourth-order valence-electron chi connectivity index (χ4n) is 3.18. The molecule has 0 saturated carbocycles. The smallest absolute Gasteiger partial charge is 0.144 e. The van der Waals surface area contributed by atoms with Gasteiger partial charge in [-0.15, -0.1) is 0 Å². The van der Waals surface area contributed by atoms with Crippen molar-refractivity contribution in [3.05, 3.63) is 0 Å². The van der Waals surface area contributed by atoms with Crippen LogP contribution in [-0.4, -0.2) is 32.1 Å². The van der Waals surface area contributed by atoms with Gasteiger partial charge in [0.2, 0.25) is 0 Å². The number of ether oxygens (including phenoxy) is 1. The van der Waals surface area contributed by atoms with Crippen LogP contribution in [0.3, 0.4) is 0 Å². The molecule has 0 aromatic rings. The van der Waals surface area contributed by atoms with Gasteiger partial charge in [-0.25, -0.2) is 0 Å². The van der Waals surface area contributed by atoms with Gasteiger partial charge in [-0.05, 0) is 38.8 Å². The molecule has 1 unspecified atom stereocenters. The Balaban J connectivity index is 2.07. The Morgan fingerprint density at radius 3 is 2.75 bits per heavy atom. The van der Waals surface area contributed by atoms with Gasteiger partial charge in [-0.3, -0.25) is 4.79 Å². The third kappa shape index (κ3) is 2.30. The van der Waals surface area contributed by atoms with E-state index in [4.69, 9.17) is 4.74 Å². The number of piperidine rings is 1. The standard InChI is InChI=1S/C13H23NO2/c1-2-4-13(5-7-14-8-6-13)12(15)11-3-9-16-10-11/h11,14H,2-10H2,1H3. The second kappa shape index (κ2) is 5.28. The quantitative estimate of drug-likeness (QED) is 0.792. The van der Waals surface area contributed by atoms with E-state index in [-0.39, 0.29) is 11.3 Å². The Kier molecular flexibility index (Phi) is 3.98. The molecule has 0 radical (unpaired) electrons. The first-order chi connectivity index (χ1) is 7.78. The van der Waals surface area contributed by atoms with Crippen LogP contribution in [0.15, 0.2) is 0 Å². The lowest BCUT2D eigenvalue weighted by Gasteiger charge is -2.37. The summed E-state index contributed by atoms with van der Waals surface area (Å²) in [6.07, 6.45) is 5.16. The van der Waals surface area contributed by atoms with Crippen molar-refractivity contribution in [1.82, 2.24) is 5.32 Å². The van der Waals surface area contributed by atoms with E-state index in [9.17, 15) is 4.79 Å². The van der Waals surface area contributed by atoms with E-state index in [0.717, 1.165) is 51.8 Å². The van der Waals surface area contributed by atoms with Crippen molar-refractivity contribution in [2.75, 3.05) is 26.3 Å². The maximum atomic E-state index is 12.6. The summed E-state index contributed by atoms with van der Waals surface area (Å²) in [7, 11) is 0. The molecular formula is C13H23NO2. The predicted octanol–water partition coefficient (Wildman–Crippen LogP) is 1.76. The van der Waals surface area contributed by atoms with Gasteiger partial charge < -0.3 is 10.1 Å². The Hall–Kier alpha value is -0.410. The molecule has 2 aliphatic heterocycles. The Bertz CT molecular complexity index is 235. The summed E-state index contributed by atoms with van der Waals surface area (Å²) >= 11 is 0. The second-order valence-electron chi connectivity index (χ2n) is 5.21. The van der Waals surface area contributed by atoms with Gasteiger partial charge in [-0.2, -0.15) is 0 Å². The highest BCUT2D eigenvalue weighted by molar-refractivity contribution is 5.87. The monoisotopic (exact) mass is 225 g/mol. The third-order valence-electron chi connectivity index (χ3n) is 4.11. The molecule has 16 heavy (non-hydrogen) atoms. The lowest BCUT2D eigenvalue weighted by molar-refractivity contribution is -0.135. The van der Waals surface area contributed by atoms with Crippen molar-refractivity contribution in [2.45, 2.75) is 39.0 Å². The average molecular weight is 225 g/mol. The molecule has 0 amide bonds. The fraction of sp³-hybridized carbons (Fsp3) is 0.923. The van der Waals surface area contributed by atoms with Gasteiger partial charge in [0.15, 0.2) is 0 Å². The third-order valence-corrected chi connectivity index (χ3v) is 4.11. The van der Waals surface area contributed by atoms with Crippen LogP contribution in [0.1, 0.15) is 39.0 Å². The molecule has 3 nitrogen and oxygen atoms in total. The van der Waals surface area contributed by atoms with E-state index in [1.54, 1.807) is 0 Å². The fourth-order valence-corrected chi connectivity index (χ4v) is 3.18. The van der Waals surface area contributed by atoms with Crippen molar-refractivity contribution >= 4 is 5.78 Å². The van der Waals surface area contributed by atoms with Crippen LogP contribution < -0.4 is 5.32 Å². The van der Waals surface area contributed by atoms with E-state index in [2.05, 4.69) is 12.2 Å². The van der Waals surface area contributed by atoms with Crippen molar-refractivity contribution in [2.24, 2.45) is 11.3 Å². The van der Waals surface area contributed by atoms with E-state index in [1.165, 1.54) is 0 Å². The van der Waals surface area contributed by atoms with E-state index >= 15 is 0 Å². The Morgan fingerprint density at radius 1 is 1.44 bits per heavy atom. The molecule has 0 aromatic carbocycles. The predicted molar refractivity (Wildman–Crippen MR) is 63.4 cm³/mol. The Morgan fingerprint density at radius 2 is 2.19 bits per heavy atom.